The molecule has 18 heavy (non-hydrogen) atoms. The van der Waals surface area contributed by atoms with E-state index in [0.29, 0.717) is 6.04 Å². The minimum absolute atomic E-state index is 0.0379. The van der Waals surface area contributed by atoms with Gasteiger partial charge in [-0.15, -0.1) is 0 Å². The van der Waals surface area contributed by atoms with E-state index in [1.165, 1.54) is 32.5 Å². The third-order valence-electron chi connectivity index (χ3n) is 3.56. The van der Waals surface area contributed by atoms with Gasteiger partial charge in [0.05, 0.1) is 5.60 Å². The van der Waals surface area contributed by atoms with Crippen molar-refractivity contribution in [2.45, 2.75) is 59.1 Å². The molecular weight excluding hydrogens is 224 g/mol. The van der Waals surface area contributed by atoms with Crippen LogP contribution in [0.2, 0.25) is 0 Å². The van der Waals surface area contributed by atoms with Crippen molar-refractivity contribution in [3.8, 4) is 0 Å². The summed E-state index contributed by atoms with van der Waals surface area (Å²) >= 11 is 0. The highest BCUT2D eigenvalue weighted by Gasteiger charge is 2.23. The van der Waals surface area contributed by atoms with Crippen molar-refractivity contribution < 1.29 is 4.74 Å². The lowest BCUT2D eigenvalue weighted by atomic mass is 10.0. The van der Waals surface area contributed by atoms with Crippen LogP contribution in [0, 0.1) is 5.92 Å². The summed E-state index contributed by atoms with van der Waals surface area (Å²) in [7, 11) is 0. The molecule has 0 aromatic heterocycles. The summed E-state index contributed by atoms with van der Waals surface area (Å²) in [6.45, 7) is 16.5. The number of nitrogens with zero attached hydrogens (tertiary/aromatic N) is 1. The highest BCUT2D eigenvalue weighted by molar-refractivity contribution is 4.81. The number of piperidine rings is 1. The van der Waals surface area contributed by atoms with Crippen molar-refractivity contribution in [3.63, 3.8) is 0 Å². The lowest BCUT2D eigenvalue weighted by Gasteiger charge is -2.35. The maximum atomic E-state index is 5.72. The van der Waals surface area contributed by atoms with Crippen LogP contribution in [0.1, 0.15) is 47.5 Å². The van der Waals surface area contributed by atoms with Crippen LogP contribution < -0.4 is 5.32 Å². The lowest BCUT2D eigenvalue weighted by Crippen LogP contribution is -2.48. The molecule has 0 amide bonds. The fourth-order valence-corrected chi connectivity index (χ4v) is 2.67. The molecule has 1 N–H and O–H groups in total. The summed E-state index contributed by atoms with van der Waals surface area (Å²) in [5.74, 6) is 0.784. The normalized spacial score (nSPS) is 19.7. The van der Waals surface area contributed by atoms with Crippen LogP contribution in [0.4, 0.5) is 0 Å². The molecule has 1 saturated heterocycles. The minimum Gasteiger partial charge on any atom is -0.375 e. The maximum absolute atomic E-state index is 5.72. The summed E-state index contributed by atoms with van der Waals surface area (Å²) in [5, 5.41) is 3.67. The van der Waals surface area contributed by atoms with Gasteiger partial charge in [-0.1, -0.05) is 13.8 Å². The zero-order chi connectivity index (χ0) is 13.6. The van der Waals surface area contributed by atoms with E-state index in [-0.39, 0.29) is 5.60 Å². The Morgan fingerprint density at radius 3 is 2.39 bits per heavy atom. The smallest absolute Gasteiger partial charge is 0.0750 e. The lowest BCUT2D eigenvalue weighted by molar-refractivity contribution is -0.0120. The highest BCUT2D eigenvalue weighted by atomic mass is 16.5. The predicted octanol–water partition coefficient (Wildman–Crippen LogP) is 2.51. The molecule has 0 bridgehead atoms. The molecule has 0 atom stereocenters. The first-order chi connectivity index (χ1) is 8.43. The second kappa shape index (κ2) is 7.46. The van der Waals surface area contributed by atoms with Gasteiger partial charge in [-0.05, 0) is 52.6 Å². The van der Waals surface area contributed by atoms with Crippen molar-refractivity contribution in [1.29, 1.82) is 0 Å². The van der Waals surface area contributed by atoms with Crippen LogP contribution in [0.5, 0.6) is 0 Å². The van der Waals surface area contributed by atoms with Crippen LogP contribution in [0.15, 0.2) is 0 Å². The summed E-state index contributed by atoms with van der Waals surface area (Å²) in [6.07, 6.45) is 2.55. The Bertz CT molecular complexity index is 221. The van der Waals surface area contributed by atoms with Gasteiger partial charge in [-0.3, -0.25) is 0 Å². The van der Waals surface area contributed by atoms with E-state index in [9.17, 15) is 0 Å². The average molecular weight is 256 g/mol. The van der Waals surface area contributed by atoms with Crippen LogP contribution in [-0.2, 0) is 4.74 Å². The Balaban J connectivity index is 2.19. The Kier molecular flexibility index (Phi) is 6.61. The van der Waals surface area contributed by atoms with E-state index in [4.69, 9.17) is 4.74 Å². The fourth-order valence-electron chi connectivity index (χ4n) is 2.67. The van der Waals surface area contributed by atoms with Gasteiger partial charge in [-0.2, -0.15) is 0 Å². The average Bonchev–Trinajstić information content (AvgIpc) is 2.27. The topological polar surface area (TPSA) is 24.5 Å². The molecule has 108 valence electrons. The van der Waals surface area contributed by atoms with E-state index in [2.05, 4.69) is 44.8 Å². The van der Waals surface area contributed by atoms with Gasteiger partial charge in [0, 0.05) is 25.7 Å². The first-order valence-electron chi connectivity index (χ1n) is 7.52. The highest BCUT2D eigenvalue weighted by Crippen LogP contribution is 2.14. The Hall–Kier alpha value is -0.120. The molecule has 1 aliphatic heterocycles. The van der Waals surface area contributed by atoms with Crippen LogP contribution in [-0.4, -0.2) is 49.3 Å². The number of nitrogens with one attached hydrogen (secondary N) is 1. The molecule has 1 aliphatic rings. The third kappa shape index (κ3) is 6.17. The molecule has 0 spiro atoms. The van der Waals surface area contributed by atoms with Crippen LogP contribution in [0.25, 0.3) is 0 Å². The molecule has 0 aliphatic carbocycles. The maximum Gasteiger partial charge on any atom is 0.0750 e. The number of hydrogen-bond acceptors (Lipinski definition) is 3. The second-order valence-electron chi connectivity index (χ2n) is 6.54. The quantitative estimate of drug-likeness (QED) is 0.757. The van der Waals surface area contributed by atoms with Crippen molar-refractivity contribution in [3.05, 3.63) is 0 Å². The van der Waals surface area contributed by atoms with Crippen molar-refractivity contribution in [2.75, 3.05) is 32.8 Å². The Morgan fingerprint density at radius 1 is 1.28 bits per heavy atom. The van der Waals surface area contributed by atoms with Crippen molar-refractivity contribution in [1.82, 2.24) is 10.2 Å². The molecule has 0 aromatic carbocycles. The van der Waals surface area contributed by atoms with Crippen molar-refractivity contribution >= 4 is 0 Å². The number of likely N-dealkylation sites (tertiary alicyclic amines) is 1. The van der Waals surface area contributed by atoms with E-state index >= 15 is 0 Å². The van der Waals surface area contributed by atoms with Gasteiger partial charge >= 0.3 is 0 Å². The molecule has 0 radical (unpaired) electrons. The summed E-state index contributed by atoms with van der Waals surface area (Å²) in [4.78, 5) is 2.59. The molecular formula is C15H32N2O. The first kappa shape index (κ1) is 15.9. The number of ether oxygens (including phenoxy) is 1. The van der Waals surface area contributed by atoms with Gasteiger partial charge < -0.3 is 15.0 Å². The third-order valence-corrected chi connectivity index (χ3v) is 3.56. The first-order valence-corrected chi connectivity index (χ1v) is 7.52. The van der Waals surface area contributed by atoms with E-state index < -0.39 is 0 Å². The summed E-state index contributed by atoms with van der Waals surface area (Å²) in [6, 6.07) is 0.674. The van der Waals surface area contributed by atoms with Crippen LogP contribution >= 0.6 is 0 Å². The minimum atomic E-state index is -0.0379. The van der Waals surface area contributed by atoms with Gasteiger partial charge in [0.2, 0.25) is 0 Å². The molecule has 0 saturated carbocycles. The van der Waals surface area contributed by atoms with E-state index in [1.807, 2.05) is 0 Å². The second-order valence-corrected chi connectivity index (χ2v) is 6.54. The molecule has 3 nitrogen and oxygen atoms in total. The molecule has 0 unspecified atom stereocenters. The summed E-state index contributed by atoms with van der Waals surface area (Å²) in [5.41, 5.74) is -0.0379. The van der Waals surface area contributed by atoms with Gasteiger partial charge in [-0.25, -0.2) is 0 Å². The molecule has 0 aromatic rings. The van der Waals surface area contributed by atoms with Crippen LogP contribution in [0.3, 0.4) is 0 Å². The standard InChI is InChI=1S/C15H32N2O/c1-6-18-15(4,5)12-16-14-7-9-17(10-8-14)11-13(2)3/h13-14,16H,6-12H2,1-5H3. The molecule has 1 fully saturated rings. The zero-order valence-corrected chi connectivity index (χ0v) is 13.0. The number of hydrogen-bond donors (Lipinski definition) is 1. The van der Waals surface area contributed by atoms with E-state index in [0.717, 1.165) is 19.1 Å². The van der Waals surface area contributed by atoms with Gasteiger partial charge in [0.15, 0.2) is 0 Å². The molecule has 3 heteroatoms. The monoisotopic (exact) mass is 256 g/mol. The molecule has 1 rings (SSSR count). The van der Waals surface area contributed by atoms with Crippen molar-refractivity contribution in [2.24, 2.45) is 5.92 Å². The predicted molar refractivity (Wildman–Crippen MR) is 78.0 cm³/mol. The SMILES string of the molecule is CCOC(C)(C)CNC1CCN(CC(C)C)CC1. The molecule has 1 heterocycles. The van der Waals surface area contributed by atoms with E-state index in [1.54, 1.807) is 0 Å². The zero-order valence-electron chi connectivity index (χ0n) is 13.0. The largest absolute Gasteiger partial charge is 0.375 e. The van der Waals surface area contributed by atoms with Gasteiger partial charge in [0.25, 0.3) is 0 Å². The number of rotatable bonds is 7. The summed E-state index contributed by atoms with van der Waals surface area (Å²) < 4.78 is 5.72. The van der Waals surface area contributed by atoms with Gasteiger partial charge in [0.1, 0.15) is 0 Å². The Labute approximate surface area is 113 Å². The fraction of sp³-hybridized carbons (Fsp3) is 1.00. The Morgan fingerprint density at radius 2 is 1.89 bits per heavy atom.